The van der Waals surface area contributed by atoms with Gasteiger partial charge in [0.05, 0.1) is 6.04 Å². The Morgan fingerprint density at radius 2 is 1.86 bits per heavy atom. The van der Waals surface area contributed by atoms with Crippen molar-refractivity contribution in [2.75, 3.05) is 19.7 Å². The van der Waals surface area contributed by atoms with E-state index in [1.807, 2.05) is 30.9 Å². The zero-order valence-corrected chi connectivity index (χ0v) is 22.1. The van der Waals surface area contributed by atoms with Gasteiger partial charge in [0.25, 0.3) is 5.91 Å². The second-order valence-corrected chi connectivity index (χ2v) is 10.7. The summed E-state index contributed by atoms with van der Waals surface area (Å²) in [7, 11) is 0. The molecular formula is C29H33FN2O3S. The van der Waals surface area contributed by atoms with Crippen molar-refractivity contribution in [3.8, 4) is 5.75 Å². The van der Waals surface area contributed by atoms with Gasteiger partial charge >= 0.3 is 0 Å². The van der Waals surface area contributed by atoms with Gasteiger partial charge in [-0.3, -0.25) is 9.59 Å². The molecule has 4 rings (SSSR count). The molecule has 2 aromatic carbocycles. The van der Waals surface area contributed by atoms with Gasteiger partial charge in [0.2, 0.25) is 5.91 Å². The molecule has 1 aliphatic rings. The second kappa shape index (κ2) is 11.2. The normalized spacial score (nSPS) is 15.2. The first-order chi connectivity index (χ1) is 17.2. The van der Waals surface area contributed by atoms with Crippen LogP contribution < -0.4 is 4.74 Å². The fraction of sp³-hybridized carbons (Fsp3) is 0.379. The largest absolute Gasteiger partial charge is 0.491 e. The molecule has 3 aromatic rings. The van der Waals surface area contributed by atoms with Crippen LogP contribution in [0, 0.1) is 5.82 Å². The van der Waals surface area contributed by atoms with Crippen molar-refractivity contribution in [3.05, 3.63) is 87.4 Å². The lowest BCUT2D eigenvalue weighted by atomic mass is 10.00. The summed E-state index contributed by atoms with van der Waals surface area (Å²) in [6, 6.07) is 15.3. The minimum absolute atomic E-state index is 0.0773. The number of benzene rings is 2. The van der Waals surface area contributed by atoms with Crippen molar-refractivity contribution in [1.29, 1.82) is 0 Å². The van der Waals surface area contributed by atoms with Gasteiger partial charge in [-0.1, -0.05) is 32.0 Å². The summed E-state index contributed by atoms with van der Waals surface area (Å²) >= 11 is 1.70. The Hall–Kier alpha value is -3.19. The minimum Gasteiger partial charge on any atom is -0.491 e. The molecule has 0 spiro atoms. The number of rotatable bonds is 8. The van der Waals surface area contributed by atoms with Crippen LogP contribution in [0.4, 0.5) is 4.39 Å². The predicted octanol–water partition coefficient (Wildman–Crippen LogP) is 6.07. The van der Waals surface area contributed by atoms with Crippen LogP contribution in [-0.2, 0) is 11.2 Å². The van der Waals surface area contributed by atoms with E-state index in [0.29, 0.717) is 19.1 Å². The molecule has 0 aliphatic carbocycles. The summed E-state index contributed by atoms with van der Waals surface area (Å²) in [6.45, 7) is 8.84. The molecule has 0 fully saturated rings. The quantitative estimate of drug-likeness (QED) is 0.371. The van der Waals surface area contributed by atoms with E-state index in [0.717, 1.165) is 17.7 Å². The highest BCUT2D eigenvalue weighted by Gasteiger charge is 2.34. The Labute approximate surface area is 216 Å². The number of hydrogen-bond acceptors (Lipinski definition) is 4. The van der Waals surface area contributed by atoms with E-state index in [1.54, 1.807) is 17.4 Å². The number of hydrogen-bond donors (Lipinski definition) is 0. The molecular weight excluding hydrogens is 475 g/mol. The molecule has 1 atom stereocenters. The number of carbonyl (C=O) groups excluding carboxylic acids is 2. The van der Waals surface area contributed by atoms with E-state index >= 15 is 0 Å². The zero-order valence-electron chi connectivity index (χ0n) is 21.2. The van der Waals surface area contributed by atoms with Gasteiger partial charge in [-0.25, -0.2) is 4.39 Å². The lowest BCUT2D eigenvalue weighted by molar-refractivity contribution is -0.136. The van der Waals surface area contributed by atoms with Crippen LogP contribution >= 0.6 is 11.3 Å². The van der Waals surface area contributed by atoms with E-state index in [-0.39, 0.29) is 36.0 Å². The molecule has 1 aliphatic heterocycles. The first kappa shape index (κ1) is 25.9. The number of fused-ring (bicyclic) bond motifs is 1. The molecule has 7 heteroatoms. The molecule has 190 valence electrons. The van der Waals surface area contributed by atoms with Crippen molar-refractivity contribution in [3.63, 3.8) is 0 Å². The highest BCUT2D eigenvalue weighted by Crippen LogP contribution is 2.34. The summed E-state index contributed by atoms with van der Waals surface area (Å²) in [6.07, 6.45) is 0.776. The first-order valence-electron chi connectivity index (χ1n) is 12.4. The van der Waals surface area contributed by atoms with Crippen LogP contribution in [0.2, 0.25) is 0 Å². The van der Waals surface area contributed by atoms with Gasteiger partial charge in [0.15, 0.2) is 0 Å². The maximum atomic E-state index is 13.7. The lowest BCUT2D eigenvalue weighted by Crippen LogP contribution is -2.49. The molecule has 5 nitrogen and oxygen atoms in total. The summed E-state index contributed by atoms with van der Waals surface area (Å²) in [5.41, 5.74) is 2.58. The fourth-order valence-electron chi connectivity index (χ4n) is 4.51. The van der Waals surface area contributed by atoms with Gasteiger partial charge in [-0.05, 0) is 79.1 Å². The zero-order chi connectivity index (χ0) is 25.8. The lowest BCUT2D eigenvalue weighted by Gasteiger charge is -2.37. The Morgan fingerprint density at radius 3 is 2.53 bits per heavy atom. The van der Waals surface area contributed by atoms with Gasteiger partial charge in [-0.15, -0.1) is 11.3 Å². The fourth-order valence-corrected chi connectivity index (χ4v) is 5.44. The average molecular weight is 509 g/mol. The van der Waals surface area contributed by atoms with E-state index in [4.69, 9.17) is 4.74 Å². The maximum absolute atomic E-state index is 13.7. The summed E-state index contributed by atoms with van der Waals surface area (Å²) in [5.74, 6) is 0.228. The first-order valence-corrected chi connectivity index (χ1v) is 13.3. The molecule has 0 saturated carbocycles. The molecule has 1 aromatic heterocycles. The topological polar surface area (TPSA) is 49.9 Å². The Balaban J connectivity index is 1.51. The van der Waals surface area contributed by atoms with E-state index < -0.39 is 5.82 Å². The number of ether oxygens (including phenoxy) is 1. The van der Waals surface area contributed by atoms with Crippen molar-refractivity contribution in [2.45, 2.75) is 52.1 Å². The van der Waals surface area contributed by atoms with Crippen molar-refractivity contribution >= 4 is 23.2 Å². The standard InChI is InChI=1S/C29H33FN2O3S/c1-19(2)21-8-10-24(11-9-21)35-18-26-25-13-15-36-27(25)12-14-31(26)28(33)17-32(20(3)4)29(34)22-6-5-7-23(30)16-22/h5-11,13,15-16,19-20,26H,12,14,17-18H2,1-4H3/t26-/m1/s1. The molecule has 0 N–H and O–H groups in total. The van der Waals surface area contributed by atoms with Crippen molar-refractivity contribution in [2.24, 2.45) is 0 Å². The van der Waals surface area contributed by atoms with Gasteiger partial charge in [-0.2, -0.15) is 0 Å². The van der Waals surface area contributed by atoms with Crippen LogP contribution in [0.1, 0.15) is 66.0 Å². The SMILES string of the molecule is CC(C)c1ccc(OC[C@@H]2c3ccsc3CCN2C(=O)CN(C(=O)c2cccc(F)c2)C(C)C)cc1. The monoisotopic (exact) mass is 508 g/mol. The molecule has 36 heavy (non-hydrogen) atoms. The minimum atomic E-state index is -0.476. The molecule has 2 amide bonds. The number of amides is 2. The third-order valence-corrected chi connectivity index (χ3v) is 7.63. The molecule has 0 saturated heterocycles. The van der Waals surface area contributed by atoms with Crippen LogP contribution in [-0.4, -0.2) is 47.4 Å². The Bertz CT molecular complexity index is 1210. The smallest absolute Gasteiger partial charge is 0.254 e. The van der Waals surface area contributed by atoms with Crippen molar-refractivity contribution in [1.82, 2.24) is 9.80 Å². The number of nitrogens with zero attached hydrogens (tertiary/aromatic N) is 2. The van der Waals surface area contributed by atoms with Crippen LogP contribution in [0.25, 0.3) is 0 Å². The highest BCUT2D eigenvalue weighted by molar-refractivity contribution is 7.10. The number of thiophene rings is 1. The predicted molar refractivity (Wildman–Crippen MR) is 141 cm³/mol. The Morgan fingerprint density at radius 1 is 1.11 bits per heavy atom. The second-order valence-electron chi connectivity index (χ2n) is 9.72. The van der Waals surface area contributed by atoms with Crippen LogP contribution in [0.3, 0.4) is 0 Å². The summed E-state index contributed by atoms with van der Waals surface area (Å²) in [4.78, 5) is 31.3. The summed E-state index contributed by atoms with van der Waals surface area (Å²) in [5, 5.41) is 2.05. The maximum Gasteiger partial charge on any atom is 0.254 e. The van der Waals surface area contributed by atoms with Gasteiger partial charge in [0, 0.05) is 23.0 Å². The van der Waals surface area contributed by atoms with Gasteiger partial charge < -0.3 is 14.5 Å². The summed E-state index contributed by atoms with van der Waals surface area (Å²) < 4.78 is 19.9. The average Bonchev–Trinajstić information content (AvgIpc) is 3.34. The molecule has 0 bridgehead atoms. The van der Waals surface area contributed by atoms with Gasteiger partial charge in [0.1, 0.15) is 24.7 Å². The van der Waals surface area contributed by atoms with E-state index in [1.165, 1.54) is 33.5 Å². The third kappa shape index (κ3) is 5.78. The van der Waals surface area contributed by atoms with Crippen LogP contribution in [0.15, 0.2) is 60.0 Å². The van der Waals surface area contributed by atoms with Crippen molar-refractivity contribution < 1.29 is 18.7 Å². The molecule has 0 unspecified atom stereocenters. The molecule has 2 heterocycles. The van der Waals surface area contributed by atoms with Crippen LogP contribution in [0.5, 0.6) is 5.75 Å². The molecule has 0 radical (unpaired) electrons. The number of carbonyl (C=O) groups is 2. The number of halogens is 1. The third-order valence-electron chi connectivity index (χ3n) is 6.63. The van der Waals surface area contributed by atoms with E-state index in [2.05, 4.69) is 37.4 Å². The highest BCUT2D eigenvalue weighted by atomic mass is 32.1. The van der Waals surface area contributed by atoms with E-state index in [9.17, 15) is 14.0 Å². The Kier molecular flexibility index (Phi) is 8.09.